The van der Waals surface area contributed by atoms with Crippen LogP contribution in [0, 0.1) is 11.3 Å². The van der Waals surface area contributed by atoms with E-state index in [0.29, 0.717) is 27.4 Å². The minimum Gasteiger partial charge on any atom is -0.493 e. The molecule has 1 heterocycles. The molecule has 0 unspecified atom stereocenters. The molecule has 0 saturated carbocycles. The van der Waals surface area contributed by atoms with Crippen LogP contribution in [0.3, 0.4) is 0 Å². The zero-order valence-electron chi connectivity index (χ0n) is 13.9. The Morgan fingerprint density at radius 3 is 2.80 bits per heavy atom. The van der Waals surface area contributed by atoms with E-state index in [-0.39, 0.29) is 5.57 Å². The Balaban J connectivity index is 2.18. The Morgan fingerprint density at radius 1 is 1.40 bits per heavy atom. The summed E-state index contributed by atoms with van der Waals surface area (Å²) in [4.78, 5) is 16.4. The fourth-order valence-electron chi connectivity index (χ4n) is 1.87. The standard InChI is InChI=1S/C16H16N4O3S2/c1-4-24-16-19-15(25-20-16)18-14(21)11(9-17)7-10-5-6-12(22-2)13(8-10)23-3/h5-8H,4H2,1-3H3,(H,18,19,20,21)/b11-7-. The molecule has 0 atom stereocenters. The average Bonchev–Trinajstić information content (AvgIpc) is 3.06. The molecule has 0 radical (unpaired) electrons. The van der Waals surface area contributed by atoms with Crippen LogP contribution in [0.15, 0.2) is 28.9 Å². The van der Waals surface area contributed by atoms with E-state index in [1.54, 1.807) is 18.2 Å². The molecule has 0 spiro atoms. The van der Waals surface area contributed by atoms with E-state index in [0.717, 1.165) is 17.3 Å². The van der Waals surface area contributed by atoms with Crippen LogP contribution < -0.4 is 14.8 Å². The van der Waals surface area contributed by atoms with Gasteiger partial charge in [-0.25, -0.2) is 0 Å². The van der Waals surface area contributed by atoms with Crippen LogP contribution in [-0.4, -0.2) is 35.2 Å². The number of hydrogen-bond acceptors (Lipinski definition) is 8. The van der Waals surface area contributed by atoms with Crippen LogP contribution in [0.25, 0.3) is 6.08 Å². The van der Waals surface area contributed by atoms with Crippen LogP contribution in [0.4, 0.5) is 5.13 Å². The number of ether oxygens (including phenoxy) is 2. The number of nitriles is 1. The van der Waals surface area contributed by atoms with Crippen molar-refractivity contribution in [1.29, 1.82) is 5.26 Å². The molecule has 0 aliphatic carbocycles. The second kappa shape index (κ2) is 9.05. The summed E-state index contributed by atoms with van der Waals surface area (Å²) in [5, 5.41) is 12.8. The van der Waals surface area contributed by atoms with Crippen molar-refractivity contribution < 1.29 is 14.3 Å². The number of nitrogens with one attached hydrogen (secondary N) is 1. The Labute approximate surface area is 153 Å². The molecule has 0 fully saturated rings. The second-order valence-corrected chi connectivity index (χ2v) is 6.54. The molecule has 7 nitrogen and oxygen atoms in total. The van der Waals surface area contributed by atoms with E-state index in [9.17, 15) is 10.1 Å². The number of carbonyl (C=O) groups is 1. The Bertz CT molecular complexity index is 827. The first-order chi connectivity index (χ1) is 12.1. The molecule has 1 aromatic carbocycles. The van der Waals surface area contributed by atoms with Gasteiger partial charge < -0.3 is 9.47 Å². The van der Waals surface area contributed by atoms with Crippen molar-refractivity contribution in [1.82, 2.24) is 9.36 Å². The SMILES string of the molecule is CCSc1nsc(NC(=O)/C(C#N)=C\c2ccc(OC)c(OC)c2)n1. The maximum Gasteiger partial charge on any atom is 0.268 e. The van der Waals surface area contributed by atoms with E-state index >= 15 is 0 Å². The molecular weight excluding hydrogens is 360 g/mol. The summed E-state index contributed by atoms with van der Waals surface area (Å²) < 4.78 is 14.5. The number of hydrogen-bond donors (Lipinski definition) is 1. The highest BCUT2D eigenvalue weighted by molar-refractivity contribution is 7.99. The molecule has 25 heavy (non-hydrogen) atoms. The quantitative estimate of drug-likeness (QED) is 0.450. The maximum atomic E-state index is 12.3. The highest BCUT2D eigenvalue weighted by Gasteiger charge is 2.13. The van der Waals surface area contributed by atoms with Gasteiger partial charge in [-0.15, -0.1) is 0 Å². The van der Waals surface area contributed by atoms with Crippen molar-refractivity contribution in [2.24, 2.45) is 0 Å². The maximum absolute atomic E-state index is 12.3. The van der Waals surface area contributed by atoms with E-state index in [4.69, 9.17) is 9.47 Å². The molecular formula is C16H16N4O3S2. The first-order valence-corrected chi connectivity index (χ1v) is 8.98. The van der Waals surface area contributed by atoms with Crippen molar-refractivity contribution in [3.05, 3.63) is 29.3 Å². The summed E-state index contributed by atoms with van der Waals surface area (Å²) in [7, 11) is 3.05. The largest absolute Gasteiger partial charge is 0.493 e. The molecule has 0 aliphatic heterocycles. The van der Waals surface area contributed by atoms with E-state index in [2.05, 4.69) is 14.7 Å². The normalized spacial score (nSPS) is 10.9. The Kier molecular flexibility index (Phi) is 6.80. The Hall–Kier alpha value is -2.57. The summed E-state index contributed by atoms with van der Waals surface area (Å²) >= 11 is 2.56. The minimum absolute atomic E-state index is 0.0490. The predicted molar refractivity (Wildman–Crippen MR) is 98.1 cm³/mol. The van der Waals surface area contributed by atoms with Crippen molar-refractivity contribution >= 4 is 40.4 Å². The van der Waals surface area contributed by atoms with Crippen molar-refractivity contribution in [3.8, 4) is 17.6 Å². The van der Waals surface area contributed by atoms with Gasteiger partial charge in [-0.3, -0.25) is 10.1 Å². The number of thioether (sulfide) groups is 1. The molecule has 1 N–H and O–H groups in total. The highest BCUT2D eigenvalue weighted by atomic mass is 32.2. The first kappa shape index (κ1) is 18.8. The van der Waals surface area contributed by atoms with Gasteiger partial charge in [-0.1, -0.05) is 24.8 Å². The molecule has 1 aromatic heterocycles. The Morgan fingerprint density at radius 2 is 2.16 bits per heavy atom. The lowest BCUT2D eigenvalue weighted by Gasteiger charge is -2.08. The first-order valence-electron chi connectivity index (χ1n) is 7.23. The minimum atomic E-state index is -0.540. The number of anilines is 1. The number of rotatable bonds is 7. The predicted octanol–water partition coefficient (Wildman–Crippen LogP) is 3.21. The van der Waals surface area contributed by atoms with E-state index in [1.165, 1.54) is 32.1 Å². The topological polar surface area (TPSA) is 97.1 Å². The third kappa shape index (κ3) is 4.95. The summed E-state index contributed by atoms with van der Waals surface area (Å²) in [6, 6.07) is 7.02. The van der Waals surface area contributed by atoms with Gasteiger partial charge in [0.05, 0.1) is 14.2 Å². The van der Waals surface area contributed by atoms with Gasteiger partial charge in [-0.2, -0.15) is 14.6 Å². The third-order valence-electron chi connectivity index (χ3n) is 2.98. The van der Waals surface area contributed by atoms with Crippen LogP contribution in [0.1, 0.15) is 12.5 Å². The number of nitrogens with zero attached hydrogens (tertiary/aromatic N) is 3. The zero-order chi connectivity index (χ0) is 18.2. The average molecular weight is 376 g/mol. The monoisotopic (exact) mass is 376 g/mol. The summed E-state index contributed by atoms with van der Waals surface area (Å²) in [5.74, 6) is 1.38. The molecule has 0 aliphatic rings. The third-order valence-corrected chi connectivity index (χ3v) is 4.46. The van der Waals surface area contributed by atoms with Gasteiger partial charge in [0.2, 0.25) is 10.3 Å². The fourth-order valence-corrected chi connectivity index (χ4v) is 3.14. The van der Waals surface area contributed by atoms with E-state index in [1.807, 2.05) is 13.0 Å². The van der Waals surface area contributed by atoms with Crippen LogP contribution in [0.2, 0.25) is 0 Å². The number of amides is 1. The number of methoxy groups -OCH3 is 2. The summed E-state index contributed by atoms with van der Waals surface area (Å²) in [6.07, 6.45) is 1.47. The molecule has 9 heteroatoms. The molecule has 2 rings (SSSR count). The van der Waals surface area contributed by atoms with Gasteiger partial charge in [0.15, 0.2) is 11.5 Å². The van der Waals surface area contributed by atoms with Crippen molar-refractivity contribution in [3.63, 3.8) is 0 Å². The van der Waals surface area contributed by atoms with E-state index < -0.39 is 5.91 Å². The molecule has 1 amide bonds. The number of benzene rings is 1. The molecule has 130 valence electrons. The van der Waals surface area contributed by atoms with Gasteiger partial charge in [0, 0.05) is 11.5 Å². The fraction of sp³-hybridized carbons (Fsp3) is 0.250. The van der Waals surface area contributed by atoms with Gasteiger partial charge in [0.1, 0.15) is 11.6 Å². The van der Waals surface area contributed by atoms with Gasteiger partial charge in [0.25, 0.3) is 5.91 Å². The lowest BCUT2D eigenvalue weighted by Crippen LogP contribution is -2.13. The van der Waals surface area contributed by atoms with Crippen LogP contribution >= 0.6 is 23.3 Å². The number of aromatic nitrogens is 2. The lowest BCUT2D eigenvalue weighted by atomic mass is 10.1. The molecule has 2 aromatic rings. The smallest absolute Gasteiger partial charge is 0.268 e. The number of carbonyl (C=O) groups excluding carboxylic acids is 1. The van der Waals surface area contributed by atoms with Gasteiger partial charge in [-0.05, 0) is 29.5 Å². The molecule has 0 bridgehead atoms. The summed E-state index contributed by atoms with van der Waals surface area (Å²) in [6.45, 7) is 1.99. The molecule has 0 saturated heterocycles. The van der Waals surface area contributed by atoms with Crippen LogP contribution in [-0.2, 0) is 4.79 Å². The highest BCUT2D eigenvalue weighted by Crippen LogP contribution is 2.28. The van der Waals surface area contributed by atoms with Crippen molar-refractivity contribution in [2.45, 2.75) is 12.1 Å². The zero-order valence-corrected chi connectivity index (χ0v) is 15.5. The summed E-state index contributed by atoms with van der Waals surface area (Å²) in [5.41, 5.74) is 0.593. The second-order valence-electron chi connectivity index (χ2n) is 4.55. The van der Waals surface area contributed by atoms with Crippen LogP contribution in [0.5, 0.6) is 11.5 Å². The van der Waals surface area contributed by atoms with Gasteiger partial charge >= 0.3 is 0 Å². The van der Waals surface area contributed by atoms with Crippen molar-refractivity contribution in [2.75, 3.05) is 25.3 Å². The lowest BCUT2D eigenvalue weighted by molar-refractivity contribution is -0.112.